The molecule has 0 aliphatic heterocycles. The van der Waals surface area contributed by atoms with Gasteiger partial charge in [0.15, 0.2) is 0 Å². The highest BCUT2D eigenvalue weighted by atomic mass is 19.1. The molecule has 0 aliphatic carbocycles. The van der Waals surface area contributed by atoms with E-state index in [-0.39, 0.29) is 5.82 Å². The molecule has 4 aromatic rings. The summed E-state index contributed by atoms with van der Waals surface area (Å²) in [6.45, 7) is 6.61. The highest BCUT2D eigenvalue weighted by Crippen LogP contribution is 2.35. The van der Waals surface area contributed by atoms with Gasteiger partial charge >= 0.3 is 0 Å². The summed E-state index contributed by atoms with van der Waals surface area (Å²) >= 11 is 0. The molecule has 0 unspecified atom stereocenters. The van der Waals surface area contributed by atoms with Gasteiger partial charge in [0.25, 0.3) is 0 Å². The zero-order chi connectivity index (χ0) is 20.4. The second kappa shape index (κ2) is 8.04. The maximum Gasteiger partial charge on any atom is 0.144 e. The fraction of sp³-hybridized carbons (Fsp3) is 0.192. The summed E-state index contributed by atoms with van der Waals surface area (Å²) < 4.78 is 15.6. The lowest BCUT2D eigenvalue weighted by molar-refractivity contribution is 0.628. The molecule has 3 heteroatoms. The average molecular weight is 384 g/mol. The summed E-state index contributed by atoms with van der Waals surface area (Å²) in [5.74, 6) is 1.06. The Morgan fingerprint density at radius 1 is 0.897 bits per heavy atom. The van der Waals surface area contributed by atoms with Crippen LogP contribution in [0.1, 0.15) is 37.8 Å². The summed E-state index contributed by atoms with van der Waals surface area (Å²) in [4.78, 5) is 4.65. The summed E-state index contributed by atoms with van der Waals surface area (Å²) in [6, 6.07) is 21.5. The number of aromatic nitrogens is 2. The molecule has 0 atom stereocenters. The number of hydrogen-bond donors (Lipinski definition) is 0. The van der Waals surface area contributed by atoms with E-state index in [0.717, 1.165) is 28.9 Å². The zero-order valence-electron chi connectivity index (χ0n) is 17.1. The first-order valence-corrected chi connectivity index (χ1v) is 10.1. The Balaban J connectivity index is 1.93. The van der Waals surface area contributed by atoms with E-state index < -0.39 is 0 Å². The Bertz CT molecular complexity index is 1110. The van der Waals surface area contributed by atoms with Crippen molar-refractivity contribution in [3.63, 3.8) is 0 Å². The molecule has 0 aliphatic rings. The van der Waals surface area contributed by atoms with Crippen molar-refractivity contribution >= 4 is 0 Å². The van der Waals surface area contributed by atoms with Crippen LogP contribution in [0.3, 0.4) is 0 Å². The van der Waals surface area contributed by atoms with Gasteiger partial charge < -0.3 is 0 Å². The van der Waals surface area contributed by atoms with Crippen LogP contribution in [0.5, 0.6) is 0 Å². The van der Waals surface area contributed by atoms with Crippen LogP contribution in [0.15, 0.2) is 79.1 Å². The van der Waals surface area contributed by atoms with Crippen molar-refractivity contribution in [2.75, 3.05) is 0 Å². The molecule has 0 saturated carbocycles. The molecular weight excluding hydrogens is 359 g/mol. The minimum Gasteiger partial charge on any atom is -0.299 e. The highest BCUT2D eigenvalue weighted by Gasteiger charge is 2.18. The molecule has 1 heterocycles. The van der Waals surface area contributed by atoms with E-state index in [0.29, 0.717) is 5.92 Å². The number of hydrogen-bond acceptors (Lipinski definition) is 1. The number of rotatable bonds is 5. The lowest BCUT2D eigenvalue weighted by atomic mass is 9.91. The molecule has 3 aromatic carbocycles. The van der Waals surface area contributed by atoms with Crippen LogP contribution in [0.2, 0.25) is 0 Å². The van der Waals surface area contributed by atoms with Crippen molar-refractivity contribution in [1.82, 2.24) is 9.55 Å². The van der Waals surface area contributed by atoms with E-state index in [1.165, 1.54) is 28.9 Å². The first-order chi connectivity index (χ1) is 14.1. The SMILES string of the molecule is CCc1cc(-c2ccc(F)cc2)cc(C(C)C)c1-n1ccnc1-c1ccccc1. The Kier molecular flexibility index (Phi) is 5.30. The van der Waals surface area contributed by atoms with Gasteiger partial charge in [-0.05, 0) is 58.9 Å². The monoisotopic (exact) mass is 384 g/mol. The van der Waals surface area contributed by atoms with Crippen molar-refractivity contribution in [2.45, 2.75) is 33.1 Å². The quantitative estimate of drug-likeness (QED) is 0.361. The van der Waals surface area contributed by atoms with Crippen molar-refractivity contribution in [1.29, 1.82) is 0 Å². The van der Waals surface area contributed by atoms with Crippen LogP contribution >= 0.6 is 0 Å². The molecule has 0 saturated heterocycles. The first kappa shape index (κ1) is 19.1. The van der Waals surface area contributed by atoms with E-state index in [1.54, 1.807) is 0 Å². The predicted octanol–water partition coefficient (Wildman–Crippen LogP) is 7.03. The Morgan fingerprint density at radius 3 is 2.28 bits per heavy atom. The molecule has 0 fully saturated rings. The van der Waals surface area contributed by atoms with Gasteiger partial charge in [-0.25, -0.2) is 9.37 Å². The first-order valence-electron chi connectivity index (χ1n) is 10.1. The molecule has 4 rings (SSSR count). The molecule has 29 heavy (non-hydrogen) atoms. The molecule has 146 valence electrons. The molecule has 1 aromatic heterocycles. The van der Waals surface area contributed by atoms with Crippen LogP contribution in [0, 0.1) is 5.82 Å². The van der Waals surface area contributed by atoms with Gasteiger partial charge in [0, 0.05) is 18.0 Å². The number of imidazole rings is 1. The minimum atomic E-state index is -0.212. The molecule has 0 amide bonds. The third-order valence-electron chi connectivity index (χ3n) is 5.31. The van der Waals surface area contributed by atoms with Gasteiger partial charge in [-0.2, -0.15) is 0 Å². The summed E-state index contributed by atoms with van der Waals surface area (Å²) in [7, 11) is 0. The largest absolute Gasteiger partial charge is 0.299 e. The fourth-order valence-corrected chi connectivity index (χ4v) is 3.82. The molecule has 2 nitrogen and oxygen atoms in total. The van der Waals surface area contributed by atoms with Crippen LogP contribution in [0.4, 0.5) is 4.39 Å². The molecule has 0 bridgehead atoms. The zero-order valence-corrected chi connectivity index (χ0v) is 17.1. The van der Waals surface area contributed by atoms with Crippen LogP contribution in [-0.4, -0.2) is 9.55 Å². The maximum absolute atomic E-state index is 13.4. The second-order valence-electron chi connectivity index (χ2n) is 7.58. The normalized spacial score (nSPS) is 11.2. The average Bonchev–Trinajstić information content (AvgIpc) is 3.23. The third-order valence-corrected chi connectivity index (χ3v) is 5.31. The molecule has 0 N–H and O–H groups in total. The van der Waals surface area contributed by atoms with Gasteiger partial charge in [-0.3, -0.25) is 4.57 Å². The van der Waals surface area contributed by atoms with Crippen molar-refractivity contribution in [3.05, 3.63) is 96.1 Å². The van der Waals surface area contributed by atoms with Crippen LogP contribution in [-0.2, 0) is 6.42 Å². The number of nitrogens with zero attached hydrogens (tertiary/aromatic N) is 2. The van der Waals surface area contributed by atoms with Crippen LogP contribution in [0.25, 0.3) is 28.2 Å². The standard InChI is InChI=1S/C26H25FN2/c1-4-19-16-22(20-10-12-23(27)13-11-20)17-24(18(2)3)25(19)29-15-14-28-26(29)21-8-6-5-7-9-21/h5-18H,4H2,1-3H3. The molecule has 0 spiro atoms. The van der Waals surface area contributed by atoms with Gasteiger partial charge in [0.2, 0.25) is 0 Å². The third kappa shape index (κ3) is 3.73. The predicted molar refractivity (Wildman–Crippen MR) is 118 cm³/mol. The number of benzene rings is 3. The smallest absolute Gasteiger partial charge is 0.144 e. The van der Waals surface area contributed by atoms with E-state index in [4.69, 9.17) is 0 Å². The van der Waals surface area contributed by atoms with Gasteiger partial charge in [0.05, 0.1) is 5.69 Å². The molecule has 0 radical (unpaired) electrons. The van der Waals surface area contributed by atoms with E-state index in [9.17, 15) is 4.39 Å². The fourth-order valence-electron chi connectivity index (χ4n) is 3.82. The maximum atomic E-state index is 13.4. The Morgan fingerprint density at radius 2 is 1.62 bits per heavy atom. The van der Waals surface area contributed by atoms with Crippen LogP contribution < -0.4 is 0 Å². The Labute approximate surface area is 171 Å². The van der Waals surface area contributed by atoms with E-state index >= 15 is 0 Å². The summed E-state index contributed by atoms with van der Waals surface area (Å²) in [5.41, 5.74) is 6.96. The minimum absolute atomic E-state index is 0.212. The lowest BCUT2D eigenvalue weighted by Crippen LogP contribution is -2.07. The summed E-state index contributed by atoms with van der Waals surface area (Å²) in [6.07, 6.45) is 4.80. The van der Waals surface area contributed by atoms with E-state index in [2.05, 4.69) is 54.6 Å². The summed E-state index contributed by atoms with van der Waals surface area (Å²) in [5, 5.41) is 0. The van der Waals surface area contributed by atoms with Gasteiger partial charge in [0.1, 0.15) is 11.6 Å². The van der Waals surface area contributed by atoms with Gasteiger partial charge in [-0.1, -0.05) is 63.2 Å². The topological polar surface area (TPSA) is 17.8 Å². The van der Waals surface area contributed by atoms with E-state index in [1.807, 2.05) is 42.7 Å². The van der Waals surface area contributed by atoms with Crippen molar-refractivity contribution < 1.29 is 4.39 Å². The van der Waals surface area contributed by atoms with Gasteiger partial charge in [-0.15, -0.1) is 0 Å². The molecular formula is C26H25FN2. The highest BCUT2D eigenvalue weighted by molar-refractivity contribution is 5.71. The lowest BCUT2D eigenvalue weighted by Gasteiger charge is -2.21. The van der Waals surface area contributed by atoms with Crippen molar-refractivity contribution in [2.24, 2.45) is 0 Å². The second-order valence-corrected chi connectivity index (χ2v) is 7.58. The number of aryl methyl sites for hydroxylation is 1. The van der Waals surface area contributed by atoms with Crippen molar-refractivity contribution in [3.8, 4) is 28.2 Å². The number of halogens is 1. The Hall–Kier alpha value is -3.20.